The Morgan fingerprint density at radius 1 is 0.241 bits per heavy atom. The minimum atomic E-state index is -0.781. The average molecular weight is 1160 g/mol. The first-order chi connectivity index (χ1) is 41.0. The maximum absolute atomic E-state index is 13.0. The predicted octanol–water partition coefficient (Wildman–Crippen LogP) is 25.5. The molecule has 0 amide bonds. The van der Waals surface area contributed by atoms with Crippen LogP contribution in [0.1, 0.15) is 393 Å². The van der Waals surface area contributed by atoms with Gasteiger partial charge in [-0.2, -0.15) is 0 Å². The highest BCUT2D eigenvalue weighted by atomic mass is 16.6. The number of rotatable bonds is 68. The molecule has 0 rings (SSSR count). The molecule has 0 aromatic heterocycles. The van der Waals surface area contributed by atoms with E-state index in [1.54, 1.807) is 0 Å². The topological polar surface area (TPSA) is 78.9 Å². The largest absolute Gasteiger partial charge is 0.462 e. The van der Waals surface area contributed by atoms with Gasteiger partial charge >= 0.3 is 17.9 Å². The Morgan fingerprint density at radius 2 is 0.434 bits per heavy atom. The number of esters is 3. The Kier molecular flexibility index (Phi) is 69.1. The van der Waals surface area contributed by atoms with Crippen molar-refractivity contribution in [3.63, 3.8) is 0 Å². The van der Waals surface area contributed by atoms with Crippen LogP contribution in [0, 0.1) is 0 Å². The van der Waals surface area contributed by atoms with E-state index in [2.05, 4.69) is 81.5 Å². The fourth-order valence-electron chi connectivity index (χ4n) is 11.0. The summed E-state index contributed by atoms with van der Waals surface area (Å²) in [6, 6.07) is 0. The molecule has 0 saturated carbocycles. The van der Waals surface area contributed by atoms with Gasteiger partial charge in [-0.15, -0.1) is 0 Å². The van der Waals surface area contributed by atoms with Crippen molar-refractivity contribution >= 4 is 17.9 Å². The van der Waals surface area contributed by atoms with Crippen molar-refractivity contribution in [2.45, 2.75) is 399 Å². The first kappa shape index (κ1) is 80.1. The van der Waals surface area contributed by atoms with Gasteiger partial charge in [-0.05, 0) is 89.9 Å². The zero-order valence-corrected chi connectivity index (χ0v) is 55.7. The van der Waals surface area contributed by atoms with Crippen molar-refractivity contribution in [2.24, 2.45) is 0 Å². The number of hydrogen-bond donors (Lipinski definition) is 0. The van der Waals surface area contributed by atoms with Crippen molar-refractivity contribution in [3.8, 4) is 0 Å². The van der Waals surface area contributed by atoms with Crippen LogP contribution in [-0.4, -0.2) is 37.2 Å². The van der Waals surface area contributed by atoms with Crippen molar-refractivity contribution in [2.75, 3.05) is 13.2 Å². The van der Waals surface area contributed by atoms with E-state index in [-0.39, 0.29) is 31.1 Å². The second-order valence-corrected chi connectivity index (χ2v) is 24.9. The molecule has 83 heavy (non-hydrogen) atoms. The lowest BCUT2D eigenvalue weighted by atomic mass is 10.0. The molecule has 1 unspecified atom stereocenters. The molecule has 484 valence electrons. The lowest BCUT2D eigenvalue weighted by Crippen LogP contribution is -2.30. The highest BCUT2D eigenvalue weighted by molar-refractivity contribution is 5.71. The van der Waals surface area contributed by atoms with Gasteiger partial charge < -0.3 is 14.2 Å². The lowest BCUT2D eigenvalue weighted by molar-refractivity contribution is -0.167. The smallest absolute Gasteiger partial charge is 0.306 e. The van der Waals surface area contributed by atoms with Crippen molar-refractivity contribution < 1.29 is 28.6 Å². The van der Waals surface area contributed by atoms with Gasteiger partial charge in [-0.3, -0.25) is 14.4 Å². The first-order valence-electron chi connectivity index (χ1n) is 36.8. The van der Waals surface area contributed by atoms with Crippen molar-refractivity contribution in [3.05, 3.63) is 60.8 Å². The summed E-state index contributed by atoms with van der Waals surface area (Å²) in [5.41, 5.74) is 0. The molecule has 0 radical (unpaired) electrons. The number of unbranched alkanes of at least 4 members (excludes halogenated alkanes) is 47. The van der Waals surface area contributed by atoms with Gasteiger partial charge in [0.05, 0.1) is 0 Å². The summed E-state index contributed by atoms with van der Waals surface area (Å²) in [5.74, 6) is -0.863. The first-order valence-corrected chi connectivity index (χ1v) is 36.8. The number of carbonyl (C=O) groups excluding carboxylic acids is 3. The number of allylic oxidation sites excluding steroid dienone is 10. The molecule has 1 atom stereocenters. The van der Waals surface area contributed by atoms with Crippen LogP contribution < -0.4 is 0 Å². The highest BCUT2D eigenvalue weighted by Crippen LogP contribution is 2.18. The Balaban J connectivity index is 4.34. The maximum Gasteiger partial charge on any atom is 0.306 e. The molecule has 0 aromatic carbocycles. The molecule has 0 aliphatic rings. The molecule has 6 nitrogen and oxygen atoms in total. The fourth-order valence-corrected chi connectivity index (χ4v) is 11.0. The minimum Gasteiger partial charge on any atom is -0.462 e. The lowest BCUT2D eigenvalue weighted by Gasteiger charge is -2.18. The van der Waals surface area contributed by atoms with Crippen molar-refractivity contribution in [1.29, 1.82) is 0 Å². The summed E-state index contributed by atoms with van der Waals surface area (Å²) < 4.78 is 17.0. The number of carbonyl (C=O) groups is 3. The van der Waals surface area contributed by atoms with E-state index in [0.29, 0.717) is 19.3 Å². The number of hydrogen-bond acceptors (Lipinski definition) is 6. The third-order valence-corrected chi connectivity index (χ3v) is 16.5. The van der Waals surface area contributed by atoms with Gasteiger partial charge in [-0.25, -0.2) is 0 Å². The minimum absolute atomic E-state index is 0.0757. The predicted molar refractivity (Wildman–Crippen MR) is 362 cm³/mol. The molecule has 6 heteroatoms. The SMILES string of the molecule is CCCCC/C=C\C/C=C\C/C=C\CCCCCCCCC(=O)OCC(COC(=O)CCCCCCCCCCCCC/C=C\C/C=C\CCCCCCC)OC(=O)CCCCCCCCCCCCCCCCCCCCCCCCC. The molecular weight excluding hydrogens is 1020 g/mol. The fraction of sp³-hybridized carbons (Fsp3) is 0.831. The van der Waals surface area contributed by atoms with E-state index in [4.69, 9.17) is 14.2 Å². The molecule has 0 aliphatic heterocycles. The summed E-state index contributed by atoms with van der Waals surface area (Å²) >= 11 is 0. The normalized spacial score (nSPS) is 12.4. The van der Waals surface area contributed by atoms with Crippen LogP contribution in [0.5, 0.6) is 0 Å². The van der Waals surface area contributed by atoms with Gasteiger partial charge in [0.1, 0.15) is 13.2 Å². The van der Waals surface area contributed by atoms with Crippen LogP contribution in [-0.2, 0) is 28.6 Å². The van der Waals surface area contributed by atoms with Crippen LogP contribution in [0.15, 0.2) is 60.8 Å². The zero-order chi connectivity index (χ0) is 59.9. The molecule has 0 saturated heterocycles. The zero-order valence-electron chi connectivity index (χ0n) is 55.7. The van der Waals surface area contributed by atoms with E-state index in [1.165, 1.54) is 270 Å². The quantitative estimate of drug-likeness (QED) is 0.0261. The highest BCUT2D eigenvalue weighted by Gasteiger charge is 2.19. The molecule has 0 aromatic rings. The molecule has 0 N–H and O–H groups in total. The van der Waals surface area contributed by atoms with Gasteiger partial charge in [-0.1, -0.05) is 345 Å². The second kappa shape index (κ2) is 71.6. The van der Waals surface area contributed by atoms with Gasteiger partial charge in [0, 0.05) is 19.3 Å². The Bertz CT molecular complexity index is 1470. The molecule has 0 spiro atoms. The van der Waals surface area contributed by atoms with Gasteiger partial charge in [0.25, 0.3) is 0 Å². The van der Waals surface area contributed by atoms with Gasteiger partial charge in [0.2, 0.25) is 0 Å². The Morgan fingerprint density at radius 3 is 0.699 bits per heavy atom. The van der Waals surface area contributed by atoms with Crippen LogP contribution in [0.2, 0.25) is 0 Å². The van der Waals surface area contributed by atoms with Crippen LogP contribution >= 0.6 is 0 Å². The summed E-state index contributed by atoms with van der Waals surface area (Å²) in [5, 5.41) is 0. The van der Waals surface area contributed by atoms with E-state index in [0.717, 1.165) is 83.5 Å². The summed E-state index contributed by atoms with van der Waals surface area (Å²) in [6.45, 7) is 6.66. The number of ether oxygens (including phenoxy) is 3. The molecule has 0 heterocycles. The summed E-state index contributed by atoms with van der Waals surface area (Å²) in [6.07, 6.45) is 92.5. The van der Waals surface area contributed by atoms with E-state index in [9.17, 15) is 14.4 Å². The molecule has 0 fully saturated rings. The molecule has 0 bridgehead atoms. The van der Waals surface area contributed by atoms with Crippen LogP contribution in [0.25, 0.3) is 0 Å². The van der Waals surface area contributed by atoms with Gasteiger partial charge in [0.15, 0.2) is 6.10 Å². The molecular formula is C77H140O6. The van der Waals surface area contributed by atoms with E-state index >= 15 is 0 Å². The van der Waals surface area contributed by atoms with Crippen LogP contribution in [0.4, 0.5) is 0 Å². The third kappa shape index (κ3) is 69.8. The maximum atomic E-state index is 13.0. The standard InChI is InChI=1S/C77H140O6/c1-4-7-10-13-16-19-22-25-28-31-34-36-38-40-43-46-49-52-55-58-61-64-67-70-76(79)82-73-74(72-81-75(78)69-66-63-60-57-54-51-48-45-42-33-30-27-24-21-18-15-12-9-6-3)83-77(80)71-68-65-62-59-56-53-50-47-44-41-39-37-35-32-29-26-23-20-17-14-11-8-5-2/h18,21-22,25,27,30-31,34,42,45,74H,4-17,19-20,23-24,26,28-29,32-33,35-41,43-44,46-73H2,1-3H3/b21-18-,25-22-,30-27-,34-31-,45-42-. The molecule has 0 aliphatic carbocycles. The third-order valence-electron chi connectivity index (χ3n) is 16.5. The monoisotopic (exact) mass is 1160 g/mol. The average Bonchev–Trinajstić information content (AvgIpc) is 3.49. The summed E-state index contributed by atoms with van der Waals surface area (Å²) in [7, 11) is 0. The van der Waals surface area contributed by atoms with E-state index < -0.39 is 6.10 Å². The van der Waals surface area contributed by atoms with Crippen LogP contribution in [0.3, 0.4) is 0 Å². The van der Waals surface area contributed by atoms with Crippen molar-refractivity contribution in [1.82, 2.24) is 0 Å². The Hall–Kier alpha value is -2.89. The second-order valence-electron chi connectivity index (χ2n) is 24.9. The summed E-state index contributed by atoms with van der Waals surface area (Å²) in [4.78, 5) is 38.5. The Labute approximate surface area is 517 Å². The van der Waals surface area contributed by atoms with E-state index in [1.807, 2.05) is 0 Å².